The second-order valence-electron chi connectivity index (χ2n) is 8.32. The van der Waals surface area contributed by atoms with Crippen LogP contribution in [0.1, 0.15) is 52.4 Å². The number of aliphatic hydroxyl groups excluding tert-OH is 1. The molecule has 1 aliphatic heterocycles. The van der Waals surface area contributed by atoms with Crippen LogP contribution in [0.15, 0.2) is 11.6 Å². The summed E-state index contributed by atoms with van der Waals surface area (Å²) >= 11 is 0. The first-order chi connectivity index (χ1) is 9.95. The molecule has 0 radical (unpaired) electrons. The van der Waals surface area contributed by atoms with Crippen molar-refractivity contribution >= 4 is 5.91 Å². The Balaban J connectivity index is 1.69. The largest absolute Gasteiger partial charge is 0.393 e. The van der Waals surface area contributed by atoms with Crippen LogP contribution < -0.4 is 5.32 Å². The maximum atomic E-state index is 12.3. The van der Waals surface area contributed by atoms with Crippen molar-refractivity contribution in [2.24, 2.45) is 28.6 Å². The van der Waals surface area contributed by atoms with E-state index in [1.54, 1.807) is 0 Å². The van der Waals surface area contributed by atoms with Gasteiger partial charge in [-0.3, -0.25) is 4.79 Å². The summed E-state index contributed by atoms with van der Waals surface area (Å²) < 4.78 is 0. The van der Waals surface area contributed by atoms with E-state index in [4.69, 9.17) is 0 Å². The Morgan fingerprint density at radius 1 is 1.19 bits per heavy atom. The molecule has 3 aliphatic carbocycles. The molecule has 116 valence electrons. The van der Waals surface area contributed by atoms with Crippen LogP contribution in [-0.4, -0.2) is 23.7 Å². The Bertz CT molecular complexity index is 513. The normalized spacial score (nSPS) is 52.3. The molecule has 3 fully saturated rings. The Morgan fingerprint density at radius 3 is 2.76 bits per heavy atom. The van der Waals surface area contributed by atoms with Crippen LogP contribution in [0.5, 0.6) is 0 Å². The van der Waals surface area contributed by atoms with Gasteiger partial charge in [-0.15, -0.1) is 0 Å². The molecule has 1 saturated heterocycles. The Hall–Kier alpha value is -0.830. The molecule has 0 bridgehead atoms. The van der Waals surface area contributed by atoms with Crippen LogP contribution in [0.4, 0.5) is 0 Å². The zero-order chi connectivity index (χ0) is 14.8. The van der Waals surface area contributed by atoms with E-state index < -0.39 is 0 Å². The van der Waals surface area contributed by atoms with Gasteiger partial charge in [-0.25, -0.2) is 0 Å². The highest BCUT2D eigenvalue weighted by Crippen LogP contribution is 2.61. The average molecular weight is 289 g/mol. The van der Waals surface area contributed by atoms with Gasteiger partial charge in [-0.2, -0.15) is 0 Å². The van der Waals surface area contributed by atoms with Gasteiger partial charge in [0.2, 0.25) is 5.91 Å². The lowest BCUT2D eigenvalue weighted by Crippen LogP contribution is -2.51. The molecular weight excluding hydrogens is 262 g/mol. The van der Waals surface area contributed by atoms with E-state index in [9.17, 15) is 9.90 Å². The minimum atomic E-state index is -0.135. The van der Waals surface area contributed by atoms with Gasteiger partial charge in [0, 0.05) is 6.54 Å². The third-order valence-electron chi connectivity index (χ3n) is 7.47. The fourth-order valence-electron chi connectivity index (χ4n) is 6.02. The number of aliphatic hydroxyl groups is 1. The van der Waals surface area contributed by atoms with Crippen molar-refractivity contribution < 1.29 is 9.90 Å². The van der Waals surface area contributed by atoms with Crippen LogP contribution in [-0.2, 0) is 4.79 Å². The number of allylic oxidation sites excluding steroid dienone is 1. The van der Waals surface area contributed by atoms with Crippen LogP contribution in [0.2, 0.25) is 0 Å². The third kappa shape index (κ3) is 1.73. The summed E-state index contributed by atoms with van der Waals surface area (Å²) in [5.74, 6) is 2.14. The Morgan fingerprint density at radius 2 is 1.95 bits per heavy atom. The van der Waals surface area contributed by atoms with Crippen molar-refractivity contribution in [2.75, 3.05) is 6.54 Å². The quantitative estimate of drug-likeness (QED) is 0.674. The van der Waals surface area contributed by atoms with Gasteiger partial charge < -0.3 is 10.4 Å². The van der Waals surface area contributed by atoms with Gasteiger partial charge in [-0.05, 0) is 61.7 Å². The summed E-state index contributed by atoms with van der Waals surface area (Å²) in [4.78, 5) is 12.3. The minimum Gasteiger partial charge on any atom is -0.393 e. The SMILES string of the molecule is C[C@]12CCC(O)CC1=CC[C@@H]1[C@H]2CC[C@]2(C)C(=O)NC[C@@H]12. The summed E-state index contributed by atoms with van der Waals surface area (Å²) in [6.07, 6.45) is 8.53. The van der Waals surface area contributed by atoms with Gasteiger partial charge in [-0.1, -0.05) is 25.5 Å². The molecular formula is C18H27NO2. The molecule has 0 aromatic heterocycles. The lowest BCUT2D eigenvalue weighted by atomic mass is 9.48. The fraction of sp³-hybridized carbons (Fsp3) is 0.833. The van der Waals surface area contributed by atoms with Crippen molar-refractivity contribution in [1.29, 1.82) is 0 Å². The molecule has 1 unspecified atom stereocenters. The molecule has 1 amide bonds. The van der Waals surface area contributed by atoms with Crippen LogP contribution in [0.25, 0.3) is 0 Å². The number of rotatable bonds is 0. The summed E-state index contributed by atoms with van der Waals surface area (Å²) in [6, 6.07) is 0. The summed E-state index contributed by atoms with van der Waals surface area (Å²) in [5, 5.41) is 13.1. The predicted molar refractivity (Wildman–Crippen MR) is 81.5 cm³/mol. The average Bonchev–Trinajstić information content (AvgIpc) is 2.76. The number of nitrogens with one attached hydrogen (secondary N) is 1. The van der Waals surface area contributed by atoms with E-state index in [-0.39, 0.29) is 22.8 Å². The summed E-state index contributed by atoms with van der Waals surface area (Å²) in [6.45, 7) is 5.48. The van der Waals surface area contributed by atoms with Crippen LogP contribution in [0.3, 0.4) is 0 Å². The van der Waals surface area contributed by atoms with Gasteiger partial charge in [0.25, 0.3) is 0 Å². The first-order valence-corrected chi connectivity index (χ1v) is 8.61. The molecule has 4 rings (SSSR count). The van der Waals surface area contributed by atoms with Crippen molar-refractivity contribution in [3.8, 4) is 0 Å². The monoisotopic (exact) mass is 289 g/mol. The van der Waals surface area contributed by atoms with E-state index in [0.717, 1.165) is 38.6 Å². The number of carbonyl (C=O) groups excluding carboxylic acids is 1. The Labute approximate surface area is 127 Å². The van der Waals surface area contributed by atoms with Crippen LogP contribution >= 0.6 is 0 Å². The first-order valence-electron chi connectivity index (χ1n) is 8.61. The van der Waals surface area contributed by atoms with E-state index in [2.05, 4.69) is 25.2 Å². The molecule has 4 aliphatic rings. The molecule has 2 saturated carbocycles. The number of fused-ring (bicyclic) bond motifs is 5. The van der Waals surface area contributed by atoms with E-state index >= 15 is 0 Å². The highest BCUT2D eigenvalue weighted by atomic mass is 16.3. The van der Waals surface area contributed by atoms with Gasteiger partial charge in [0.1, 0.15) is 0 Å². The van der Waals surface area contributed by atoms with Crippen molar-refractivity contribution in [3.63, 3.8) is 0 Å². The zero-order valence-corrected chi connectivity index (χ0v) is 13.2. The van der Waals surface area contributed by atoms with Gasteiger partial charge >= 0.3 is 0 Å². The molecule has 21 heavy (non-hydrogen) atoms. The maximum Gasteiger partial charge on any atom is 0.226 e. The first kappa shape index (κ1) is 13.8. The molecule has 3 heteroatoms. The standard InChI is InChI=1S/C18H27NO2/c1-17-7-5-12(20)9-11(17)3-4-13-14(17)6-8-18(2)15(13)10-19-16(18)21/h3,12-15,20H,4-10H2,1-2H3,(H,19,21)/t12?,13-,14-,15+,17+,18+/m1/s1. The number of carbonyl (C=O) groups is 1. The summed E-state index contributed by atoms with van der Waals surface area (Å²) in [7, 11) is 0. The number of hydrogen-bond acceptors (Lipinski definition) is 2. The molecule has 2 N–H and O–H groups in total. The van der Waals surface area contributed by atoms with Gasteiger partial charge in [0.05, 0.1) is 11.5 Å². The van der Waals surface area contributed by atoms with Gasteiger partial charge in [0.15, 0.2) is 0 Å². The Kier molecular flexibility index (Phi) is 2.86. The summed E-state index contributed by atoms with van der Waals surface area (Å²) in [5.41, 5.74) is 1.65. The molecule has 0 spiro atoms. The highest BCUT2D eigenvalue weighted by molar-refractivity contribution is 5.85. The second kappa shape index (κ2) is 4.34. The molecule has 3 nitrogen and oxygen atoms in total. The molecule has 0 aromatic carbocycles. The minimum absolute atomic E-state index is 0.128. The lowest BCUT2D eigenvalue weighted by molar-refractivity contribution is -0.133. The van der Waals surface area contributed by atoms with Crippen molar-refractivity contribution in [1.82, 2.24) is 5.32 Å². The lowest BCUT2D eigenvalue weighted by Gasteiger charge is -2.56. The fourth-order valence-corrected chi connectivity index (χ4v) is 6.02. The van der Waals surface area contributed by atoms with Crippen LogP contribution in [0, 0.1) is 28.6 Å². The van der Waals surface area contributed by atoms with E-state index in [0.29, 0.717) is 17.8 Å². The zero-order valence-electron chi connectivity index (χ0n) is 13.2. The number of amides is 1. The third-order valence-corrected chi connectivity index (χ3v) is 7.47. The van der Waals surface area contributed by atoms with E-state index in [1.807, 2.05) is 0 Å². The highest BCUT2D eigenvalue weighted by Gasteiger charge is 2.58. The number of hydrogen-bond donors (Lipinski definition) is 2. The second-order valence-corrected chi connectivity index (χ2v) is 8.32. The molecule has 1 heterocycles. The molecule has 6 atom stereocenters. The smallest absolute Gasteiger partial charge is 0.226 e. The molecule has 0 aromatic rings. The van der Waals surface area contributed by atoms with Crippen molar-refractivity contribution in [3.05, 3.63) is 11.6 Å². The topological polar surface area (TPSA) is 49.3 Å². The maximum absolute atomic E-state index is 12.3. The van der Waals surface area contributed by atoms with Crippen molar-refractivity contribution in [2.45, 2.75) is 58.5 Å². The predicted octanol–water partition coefficient (Wildman–Crippen LogP) is 2.65. The van der Waals surface area contributed by atoms with E-state index in [1.165, 1.54) is 12.0 Å².